The Bertz CT molecular complexity index is 332. The third-order valence-corrected chi connectivity index (χ3v) is 2.52. The Morgan fingerprint density at radius 3 is 2.47 bits per heavy atom. The molecular weight excluding hydrogens is 216 g/mol. The van der Waals surface area contributed by atoms with Crippen LogP contribution in [0.2, 0.25) is 0 Å². The second-order valence-corrected chi connectivity index (χ2v) is 5.53. The van der Waals surface area contributed by atoms with Crippen molar-refractivity contribution in [2.75, 3.05) is 27.2 Å². The van der Waals surface area contributed by atoms with Gasteiger partial charge in [-0.3, -0.25) is 0 Å². The molecule has 0 radical (unpaired) electrons. The molecule has 4 nitrogen and oxygen atoms in total. The van der Waals surface area contributed by atoms with E-state index in [0.717, 1.165) is 18.8 Å². The van der Waals surface area contributed by atoms with Crippen LogP contribution in [0.4, 0.5) is 0 Å². The maximum absolute atomic E-state index is 8.89. The van der Waals surface area contributed by atoms with Crippen LogP contribution in [0.15, 0.2) is 16.5 Å². The summed E-state index contributed by atoms with van der Waals surface area (Å²) in [5, 5.41) is 12.3. The number of rotatable bonds is 7. The molecule has 0 aliphatic carbocycles. The quantitative estimate of drug-likeness (QED) is 0.757. The van der Waals surface area contributed by atoms with E-state index in [0.29, 0.717) is 12.3 Å². The molecule has 4 heteroatoms. The van der Waals surface area contributed by atoms with Crippen LogP contribution in [0, 0.1) is 5.41 Å². The van der Waals surface area contributed by atoms with E-state index in [1.165, 1.54) is 0 Å². The van der Waals surface area contributed by atoms with Crippen LogP contribution in [0.3, 0.4) is 0 Å². The van der Waals surface area contributed by atoms with Gasteiger partial charge in [0.1, 0.15) is 18.1 Å². The van der Waals surface area contributed by atoms with Crippen molar-refractivity contribution in [1.29, 1.82) is 0 Å². The van der Waals surface area contributed by atoms with E-state index < -0.39 is 0 Å². The summed E-state index contributed by atoms with van der Waals surface area (Å²) in [5.74, 6) is 1.49. The van der Waals surface area contributed by atoms with Gasteiger partial charge in [0.25, 0.3) is 0 Å². The van der Waals surface area contributed by atoms with Crippen LogP contribution in [0.1, 0.15) is 25.4 Å². The fourth-order valence-corrected chi connectivity index (χ4v) is 2.04. The highest BCUT2D eigenvalue weighted by Gasteiger charge is 2.18. The predicted molar refractivity (Wildman–Crippen MR) is 68.7 cm³/mol. The van der Waals surface area contributed by atoms with Gasteiger partial charge in [0.15, 0.2) is 0 Å². The number of nitrogens with one attached hydrogen (secondary N) is 1. The molecular formula is C13H24N2O2. The monoisotopic (exact) mass is 240 g/mol. The van der Waals surface area contributed by atoms with E-state index in [4.69, 9.17) is 9.52 Å². The van der Waals surface area contributed by atoms with Gasteiger partial charge in [-0.05, 0) is 31.6 Å². The highest BCUT2D eigenvalue weighted by atomic mass is 16.4. The van der Waals surface area contributed by atoms with Gasteiger partial charge >= 0.3 is 0 Å². The van der Waals surface area contributed by atoms with E-state index in [1.807, 2.05) is 12.1 Å². The normalized spacial score (nSPS) is 12.4. The molecule has 0 saturated carbocycles. The minimum absolute atomic E-state index is 0.0356. The highest BCUT2D eigenvalue weighted by molar-refractivity contribution is 5.06. The topological polar surface area (TPSA) is 48.6 Å². The van der Waals surface area contributed by atoms with Crippen molar-refractivity contribution in [3.63, 3.8) is 0 Å². The summed E-state index contributed by atoms with van der Waals surface area (Å²) >= 11 is 0. The smallest absolute Gasteiger partial charge is 0.129 e. The number of hydrogen-bond acceptors (Lipinski definition) is 4. The van der Waals surface area contributed by atoms with Crippen molar-refractivity contribution < 1.29 is 9.52 Å². The Kier molecular flexibility index (Phi) is 5.18. The van der Waals surface area contributed by atoms with Gasteiger partial charge in [0, 0.05) is 13.1 Å². The first-order valence-corrected chi connectivity index (χ1v) is 5.97. The van der Waals surface area contributed by atoms with Crippen molar-refractivity contribution in [2.45, 2.75) is 27.0 Å². The molecule has 1 rings (SSSR count). The Hall–Kier alpha value is -0.840. The van der Waals surface area contributed by atoms with Crippen LogP contribution in [0.5, 0.6) is 0 Å². The molecule has 0 saturated heterocycles. The summed E-state index contributed by atoms with van der Waals surface area (Å²) in [7, 11) is 4.17. The molecule has 0 bridgehead atoms. The summed E-state index contributed by atoms with van der Waals surface area (Å²) in [4.78, 5) is 2.19. The lowest BCUT2D eigenvalue weighted by Gasteiger charge is -2.28. The molecule has 0 spiro atoms. The van der Waals surface area contributed by atoms with Gasteiger partial charge < -0.3 is 19.7 Å². The second kappa shape index (κ2) is 6.19. The van der Waals surface area contributed by atoms with Gasteiger partial charge in [0.05, 0.1) is 6.54 Å². The molecule has 17 heavy (non-hydrogen) atoms. The Labute approximate surface area is 104 Å². The third-order valence-electron chi connectivity index (χ3n) is 2.52. The van der Waals surface area contributed by atoms with Crippen LogP contribution >= 0.6 is 0 Å². The lowest BCUT2D eigenvalue weighted by molar-refractivity contribution is 0.226. The summed E-state index contributed by atoms with van der Waals surface area (Å²) in [5.41, 5.74) is 0.232. The maximum atomic E-state index is 8.89. The van der Waals surface area contributed by atoms with E-state index in [1.54, 1.807) is 0 Å². The molecule has 0 aliphatic rings. The van der Waals surface area contributed by atoms with Crippen molar-refractivity contribution in [1.82, 2.24) is 10.2 Å². The molecule has 0 aliphatic heterocycles. The molecule has 98 valence electrons. The molecule has 1 aromatic rings. The first-order valence-electron chi connectivity index (χ1n) is 5.97. The van der Waals surface area contributed by atoms with E-state index in [9.17, 15) is 0 Å². The fourth-order valence-electron chi connectivity index (χ4n) is 2.04. The van der Waals surface area contributed by atoms with E-state index >= 15 is 0 Å². The van der Waals surface area contributed by atoms with Gasteiger partial charge in [-0.1, -0.05) is 13.8 Å². The van der Waals surface area contributed by atoms with Crippen LogP contribution < -0.4 is 5.32 Å². The molecule has 0 unspecified atom stereocenters. The zero-order valence-corrected chi connectivity index (χ0v) is 11.3. The Balaban J connectivity index is 2.31. The first kappa shape index (κ1) is 14.2. The number of aliphatic hydroxyl groups is 1. The van der Waals surface area contributed by atoms with Crippen LogP contribution in [-0.4, -0.2) is 37.2 Å². The molecule has 0 aromatic carbocycles. The van der Waals surface area contributed by atoms with Gasteiger partial charge in [-0.15, -0.1) is 0 Å². The lowest BCUT2D eigenvalue weighted by Crippen LogP contribution is -2.37. The zero-order chi connectivity index (χ0) is 12.9. The number of nitrogens with zero attached hydrogens (tertiary/aromatic N) is 1. The number of furan rings is 1. The van der Waals surface area contributed by atoms with Crippen molar-refractivity contribution in [3.8, 4) is 0 Å². The van der Waals surface area contributed by atoms with Crippen molar-refractivity contribution in [2.24, 2.45) is 5.41 Å². The highest BCUT2D eigenvalue weighted by Crippen LogP contribution is 2.15. The molecule has 0 amide bonds. The van der Waals surface area contributed by atoms with Crippen LogP contribution in [0.25, 0.3) is 0 Å². The molecule has 1 heterocycles. The Morgan fingerprint density at radius 1 is 1.29 bits per heavy atom. The minimum atomic E-state index is -0.0356. The van der Waals surface area contributed by atoms with Gasteiger partial charge in [-0.2, -0.15) is 0 Å². The average molecular weight is 240 g/mol. The summed E-state index contributed by atoms with van der Waals surface area (Å²) < 4.78 is 5.41. The van der Waals surface area contributed by atoms with Crippen molar-refractivity contribution >= 4 is 0 Å². The maximum Gasteiger partial charge on any atom is 0.129 e. The van der Waals surface area contributed by atoms with E-state index in [2.05, 4.69) is 38.2 Å². The molecule has 2 N–H and O–H groups in total. The fraction of sp³-hybridized carbons (Fsp3) is 0.692. The largest absolute Gasteiger partial charge is 0.462 e. The first-order chi connectivity index (χ1) is 7.93. The lowest BCUT2D eigenvalue weighted by atomic mass is 9.93. The summed E-state index contributed by atoms with van der Waals surface area (Å²) in [6, 6.07) is 3.71. The molecule has 1 aromatic heterocycles. The summed E-state index contributed by atoms with van der Waals surface area (Å²) in [6.07, 6.45) is 0. The average Bonchev–Trinajstić information content (AvgIpc) is 2.63. The number of aliphatic hydroxyl groups excluding tert-OH is 1. The molecule has 0 fully saturated rings. The van der Waals surface area contributed by atoms with Gasteiger partial charge in [0.2, 0.25) is 0 Å². The minimum Gasteiger partial charge on any atom is -0.462 e. The van der Waals surface area contributed by atoms with Gasteiger partial charge in [-0.25, -0.2) is 0 Å². The summed E-state index contributed by atoms with van der Waals surface area (Å²) in [6.45, 7) is 7.12. The van der Waals surface area contributed by atoms with E-state index in [-0.39, 0.29) is 12.0 Å². The predicted octanol–water partition coefficient (Wildman–Crippen LogP) is 1.45. The zero-order valence-electron chi connectivity index (χ0n) is 11.3. The van der Waals surface area contributed by atoms with Crippen molar-refractivity contribution in [3.05, 3.63) is 23.7 Å². The van der Waals surface area contributed by atoms with Crippen LogP contribution in [-0.2, 0) is 13.2 Å². The number of hydrogen-bond donors (Lipinski definition) is 2. The second-order valence-electron chi connectivity index (χ2n) is 5.53. The molecule has 0 atom stereocenters. The SMILES string of the molecule is CN(C)CC(C)(C)CNCc1ccc(CO)o1. The standard InChI is InChI=1S/C13H24N2O2/c1-13(2,10-15(3)4)9-14-7-11-5-6-12(8-16)17-11/h5-6,14,16H,7-10H2,1-4H3. The Morgan fingerprint density at radius 2 is 1.94 bits per heavy atom. The third kappa shape index (κ3) is 5.35.